The van der Waals surface area contributed by atoms with Crippen molar-refractivity contribution in [3.8, 4) is 22.9 Å². The van der Waals surface area contributed by atoms with E-state index in [9.17, 15) is 0 Å². The third-order valence-corrected chi connectivity index (χ3v) is 10.3. The van der Waals surface area contributed by atoms with Gasteiger partial charge in [-0.05, 0) is 92.7 Å². The second-order valence-corrected chi connectivity index (χ2v) is 12.3. The lowest BCUT2D eigenvalue weighted by Gasteiger charge is -2.29. The van der Waals surface area contributed by atoms with E-state index in [1.807, 2.05) is 6.07 Å². The first-order valence-corrected chi connectivity index (χ1v) is 14.0. The van der Waals surface area contributed by atoms with Crippen LogP contribution in [0.1, 0.15) is 65.1 Å². The highest BCUT2D eigenvalue weighted by Gasteiger charge is 2.40. The second-order valence-electron chi connectivity index (χ2n) is 9.32. The van der Waals surface area contributed by atoms with Gasteiger partial charge in [0.1, 0.15) is 0 Å². The van der Waals surface area contributed by atoms with Gasteiger partial charge in [0.05, 0.1) is 0 Å². The second kappa shape index (κ2) is 10.7. The van der Waals surface area contributed by atoms with Gasteiger partial charge in [-0.2, -0.15) is 0 Å². The lowest BCUT2D eigenvalue weighted by molar-refractivity contribution is 0.828. The Kier molecular flexibility index (Phi) is 8.02. The van der Waals surface area contributed by atoms with Crippen molar-refractivity contribution in [2.45, 2.75) is 67.7 Å². The lowest BCUT2D eigenvalue weighted by atomic mass is 10.1. The molecule has 168 valence electrons. The van der Waals surface area contributed by atoms with Gasteiger partial charge in [0, 0.05) is 12.0 Å². The molecular formula is C32H36Si. The van der Waals surface area contributed by atoms with Gasteiger partial charge in [0.25, 0.3) is 8.07 Å². The molecule has 0 nitrogen and oxygen atoms in total. The van der Waals surface area contributed by atoms with Crippen molar-refractivity contribution in [1.29, 1.82) is 0 Å². The predicted octanol–water partition coefficient (Wildman–Crippen LogP) is 6.42. The predicted molar refractivity (Wildman–Crippen MR) is 147 cm³/mol. The fraction of sp³-hybridized carbons (Fsp3) is 0.312. The van der Waals surface area contributed by atoms with Crippen LogP contribution in [0, 0.1) is 64.5 Å². The molecule has 0 aliphatic heterocycles. The van der Waals surface area contributed by atoms with E-state index in [1.54, 1.807) is 0 Å². The molecule has 1 heteroatoms. The fourth-order valence-electron chi connectivity index (χ4n) is 5.10. The third kappa shape index (κ3) is 5.50. The highest BCUT2D eigenvalue weighted by atomic mass is 28.3. The van der Waals surface area contributed by atoms with E-state index in [1.165, 1.54) is 43.8 Å². The number of unbranched alkanes of at least 4 members (excludes halogenated alkanes) is 2. The summed E-state index contributed by atoms with van der Waals surface area (Å²) in [5.41, 5.74) is 16.6. The number of aryl methyl sites for hydroxylation is 6. The Balaban J connectivity index is 2.46. The van der Waals surface area contributed by atoms with Crippen LogP contribution in [-0.4, -0.2) is 8.07 Å². The summed E-state index contributed by atoms with van der Waals surface area (Å²) in [5.74, 6) is 7.18. The molecule has 0 fully saturated rings. The molecule has 0 unspecified atom stereocenters. The maximum absolute atomic E-state index is 3.89. The van der Waals surface area contributed by atoms with Crippen molar-refractivity contribution in [2.75, 3.05) is 0 Å². The molecule has 0 radical (unpaired) electrons. The van der Waals surface area contributed by atoms with Gasteiger partial charge in [0.15, 0.2) is 0 Å². The van der Waals surface area contributed by atoms with Gasteiger partial charge in [-0.25, -0.2) is 0 Å². The SMILES string of the molecule is CCCCC#C[Si](C#Cc1ccccc1)(c1c(C)cc(C)cc1C)c1c(C)cc(C)cc1C. The Labute approximate surface area is 202 Å². The average Bonchev–Trinajstić information content (AvgIpc) is 2.74. The fourth-order valence-corrected chi connectivity index (χ4v) is 9.29. The largest absolute Gasteiger partial charge is 0.277 e. The van der Waals surface area contributed by atoms with Gasteiger partial charge in [0.2, 0.25) is 0 Å². The zero-order chi connectivity index (χ0) is 24.0. The summed E-state index contributed by atoms with van der Waals surface area (Å²) in [5, 5.41) is 2.74. The summed E-state index contributed by atoms with van der Waals surface area (Å²) in [6.07, 6.45) is 3.21. The number of hydrogen-bond donors (Lipinski definition) is 0. The highest BCUT2D eigenvalue weighted by molar-refractivity contribution is 7.14. The smallest absolute Gasteiger partial charge is 0.108 e. The first kappa shape index (κ1) is 24.6. The molecule has 0 amide bonds. The molecule has 0 spiro atoms. The summed E-state index contributed by atoms with van der Waals surface area (Å²) in [6.45, 7) is 15.6. The minimum Gasteiger partial charge on any atom is -0.108 e. The van der Waals surface area contributed by atoms with Crippen molar-refractivity contribution < 1.29 is 0 Å². The van der Waals surface area contributed by atoms with Crippen LogP contribution in [0.15, 0.2) is 54.6 Å². The Morgan fingerprint density at radius 2 is 1.15 bits per heavy atom. The third-order valence-electron chi connectivity index (χ3n) is 6.20. The average molecular weight is 449 g/mol. The minimum atomic E-state index is -2.73. The van der Waals surface area contributed by atoms with E-state index in [-0.39, 0.29) is 0 Å². The molecule has 3 aromatic carbocycles. The first-order chi connectivity index (χ1) is 15.8. The van der Waals surface area contributed by atoms with Crippen molar-refractivity contribution in [3.63, 3.8) is 0 Å². The lowest BCUT2D eigenvalue weighted by Crippen LogP contribution is -2.60. The van der Waals surface area contributed by atoms with Crippen LogP contribution < -0.4 is 10.4 Å². The molecular weight excluding hydrogens is 412 g/mol. The highest BCUT2D eigenvalue weighted by Crippen LogP contribution is 2.19. The van der Waals surface area contributed by atoms with Gasteiger partial charge in [-0.1, -0.05) is 78.4 Å². The van der Waals surface area contributed by atoms with Gasteiger partial charge in [-0.3, -0.25) is 0 Å². The van der Waals surface area contributed by atoms with E-state index < -0.39 is 8.07 Å². The van der Waals surface area contributed by atoms with Gasteiger partial charge >= 0.3 is 0 Å². The van der Waals surface area contributed by atoms with E-state index in [0.29, 0.717) is 0 Å². The van der Waals surface area contributed by atoms with Crippen LogP contribution in [0.5, 0.6) is 0 Å². The van der Waals surface area contributed by atoms with Crippen molar-refractivity contribution in [1.82, 2.24) is 0 Å². The van der Waals surface area contributed by atoms with Crippen molar-refractivity contribution in [2.24, 2.45) is 0 Å². The van der Waals surface area contributed by atoms with Crippen LogP contribution in [0.4, 0.5) is 0 Å². The molecule has 0 aromatic heterocycles. The Hall–Kier alpha value is -3.00. The molecule has 0 heterocycles. The van der Waals surface area contributed by atoms with Crippen molar-refractivity contribution in [3.05, 3.63) is 93.5 Å². The molecule has 0 saturated heterocycles. The maximum Gasteiger partial charge on any atom is 0.277 e. The molecule has 0 N–H and O–H groups in total. The van der Waals surface area contributed by atoms with E-state index in [0.717, 1.165) is 24.8 Å². The normalized spacial score (nSPS) is 10.8. The Bertz CT molecular complexity index is 1150. The summed E-state index contributed by atoms with van der Waals surface area (Å²) >= 11 is 0. The topological polar surface area (TPSA) is 0 Å². The molecule has 0 saturated carbocycles. The molecule has 0 bridgehead atoms. The zero-order valence-corrected chi connectivity index (χ0v) is 22.3. The van der Waals surface area contributed by atoms with Gasteiger partial charge < -0.3 is 0 Å². The van der Waals surface area contributed by atoms with E-state index in [4.69, 9.17) is 0 Å². The molecule has 0 aliphatic rings. The van der Waals surface area contributed by atoms with Crippen molar-refractivity contribution >= 4 is 18.4 Å². The number of rotatable bonds is 4. The monoisotopic (exact) mass is 448 g/mol. The summed E-state index contributed by atoms with van der Waals surface area (Å²) in [4.78, 5) is 0. The number of hydrogen-bond acceptors (Lipinski definition) is 0. The molecule has 0 aliphatic carbocycles. The zero-order valence-electron chi connectivity index (χ0n) is 21.3. The van der Waals surface area contributed by atoms with E-state index in [2.05, 4.69) is 120 Å². The quantitative estimate of drug-likeness (QED) is 0.245. The standard InChI is InChI=1S/C32H36Si/c1-8-9-10-14-18-33(19-17-30-15-12-11-13-16-30,31-26(4)20-24(2)21-27(31)5)32-28(6)22-25(3)23-29(32)7/h11-13,15-16,20-23H,8-10H2,1-7H3. The Morgan fingerprint density at radius 1 is 0.667 bits per heavy atom. The van der Waals surface area contributed by atoms with Crippen LogP contribution in [0.3, 0.4) is 0 Å². The van der Waals surface area contributed by atoms with E-state index >= 15 is 0 Å². The first-order valence-electron chi connectivity index (χ1n) is 12.0. The van der Waals surface area contributed by atoms with Crippen LogP contribution >= 0.6 is 0 Å². The maximum atomic E-state index is 3.89. The molecule has 0 atom stereocenters. The summed E-state index contributed by atoms with van der Waals surface area (Å²) in [6, 6.07) is 19.6. The molecule has 3 aromatic rings. The number of benzene rings is 3. The molecule has 33 heavy (non-hydrogen) atoms. The Morgan fingerprint density at radius 3 is 1.61 bits per heavy atom. The van der Waals surface area contributed by atoms with Crippen LogP contribution in [-0.2, 0) is 0 Å². The van der Waals surface area contributed by atoms with Gasteiger partial charge in [-0.15, -0.1) is 11.5 Å². The summed E-state index contributed by atoms with van der Waals surface area (Å²) < 4.78 is 0. The summed E-state index contributed by atoms with van der Waals surface area (Å²) in [7, 11) is -2.73. The van der Waals surface area contributed by atoms with Crippen LogP contribution in [0.25, 0.3) is 0 Å². The molecule has 3 rings (SSSR count). The van der Waals surface area contributed by atoms with Crippen LogP contribution in [0.2, 0.25) is 0 Å². The minimum absolute atomic E-state index is 0.923.